The average Bonchev–Trinajstić information content (AvgIpc) is 2.81. The fourth-order valence-electron chi connectivity index (χ4n) is 3.16. The maximum atomic E-state index is 12.5. The van der Waals surface area contributed by atoms with E-state index in [1.807, 2.05) is 60.7 Å². The number of hydrogen-bond acceptors (Lipinski definition) is 3. The normalized spacial score (nSPS) is 10.1. The number of benzene rings is 3. The summed E-state index contributed by atoms with van der Waals surface area (Å²) in [5.74, 6) is 7.13. The molecule has 1 N–H and O–H groups in total. The molecule has 0 heterocycles. The molecule has 0 saturated heterocycles. The van der Waals surface area contributed by atoms with E-state index < -0.39 is 0 Å². The zero-order chi connectivity index (χ0) is 21.0. The first kappa shape index (κ1) is 21.0. The first-order chi connectivity index (χ1) is 14.8. The first-order valence-electron chi connectivity index (χ1n) is 9.86. The number of ether oxygens (including phenoxy) is 2. The molecule has 152 valence electrons. The maximum Gasteiger partial charge on any atom is 0.221 e. The summed E-state index contributed by atoms with van der Waals surface area (Å²) >= 11 is 0. The van der Waals surface area contributed by atoms with E-state index in [0.717, 1.165) is 11.1 Å². The van der Waals surface area contributed by atoms with Crippen LogP contribution in [-0.2, 0) is 4.79 Å². The zero-order valence-electron chi connectivity index (χ0n) is 17.0. The Morgan fingerprint density at radius 3 is 2.00 bits per heavy atom. The second-order valence-electron chi connectivity index (χ2n) is 6.65. The first-order valence-corrected chi connectivity index (χ1v) is 9.86. The number of methoxy groups -OCH3 is 1. The molecule has 0 atom stereocenters. The summed E-state index contributed by atoms with van der Waals surface area (Å²) < 4.78 is 10.8. The van der Waals surface area contributed by atoms with Crippen LogP contribution in [0.2, 0.25) is 0 Å². The van der Waals surface area contributed by atoms with Crippen molar-refractivity contribution in [3.8, 4) is 23.3 Å². The van der Waals surface area contributed by atoms with Gasteiger partial charge in [0.25, 0.3) is 0 Å². The van der Waals surface area contributed by atoms with Crippen molar-refractivity contribution in [1.82, 2.24) is 5.32 Å². The van der Waals surface area contributed by atoms with Crippen LogP contribution in [0.5, 0.6) is 11.5 Å². The number of rotatable bonds is 8. The Morgan fingerprint density at radius 2 is 1.40 bits per heavy atom. The SMILES string of the molecule is COc1ccccc1OCC#CCNC(=O)CC(c1ccccc1)c1ccccc1. The Morgan fingerprint density at radius 1 is 0.833 bits per heavy atom. The van der Waals surface area contributed by atoms with Gasteiger partial charge in [0.15, 0.2) is 11.5 Å². The van der Waals surface area contributed by atoms with Crippen LogP contribution >= 0.6 is 0 Å². The van der Waals surface area contributed by atoms with Gasteiger partial charge in [0.2, 0.25) is 5.91 Å². The number of amides is 1. The van der Waals surface area contributed by atoms with Crippen molar-refractivity contribution in [3.05, 3.63) is 96.1 Å². The molecule has 0 aliphatic heterocycles. The highest BCUT2D eigenvalue weighted by Gasteiger charge is 2.17. The fraction of sp³-hybridized carbons (Fsp3) is 0.192. The fourth-order valence-corrected chi connectivity index (χ4v) is 3.16. The molecule has 0 aromatic heterocycles. The molecular formula is C26H25NO3. The van der Waals surface area contributed by atoms with Crippen molar-refractivity contribution in [2.75, 3.05) is 20.3 Å². The summed E-state index contributed by atoms with van der Waals surface area (Å²) in [6.45, 7) is 0.511. The summed E-state index contributed by atoms with van der Waals surface area (Å²) in [4.78, 5) is 12.5. The minimum absolute atomic E-state index is 0.00855. The van der Waals surface area contributed by atoms with E-state index in [1.165, 1.54) is 0 Å². The minimum atomic E-state index is -0.0346. The van der Waals surface area contributed by atoms with E-state index in [0.29, 0.717) is 17.9 Å². The van der Waals surface area contributed by atoms with Gasteiger partial charge in [-0.3, -0.25) is 4.79 Å². The van der Waals surface area contributed by atoms with Crippen molar-refractivity contribution in [2.45, 2.75) is 12.3 Å². The molecule has 0 spiro atoms. The Bertz CT molecular complexity index is 951. The van der Waals surface area contributed by atoms with Crippen LogP contribution in [0.15, 0.2) is 84.9 Å². The number of nitrogens with one attached hydrogen (secondary N) is 1. The van der Waals surface area contributed by atoms with Gasteiger partial charge in [-0.05, 0) is 23.3 Å². The molecule has 1 amide bonds. The molecule has 4 heteroatoms. The van der Waals surface area contributed by atoms with E-state index in [-0.39, 0.29) is 25.0 Å². The van der Waals surface area contributed by atoms with Crippen molar-refractivity contribution in [3.63, 3.8) is 0 Å². The largest absolute Gasteiger partial charge is 0.493 e. The van der Waals surface area contributed by atoms with Crippen LogP contribution in [-0.4, -0.2) is 26.2 Å². The van der Waals surface area contributed by atoms with Crippen LogP contribution in [0.25, 0.3) is 0 Å². The van der Waals surface area contributed by atoms with E-state index in [1.54, 1.807) is 7.11 Å². The molecule has 0 bridgehead atoms. The molecule has 3 rings (SSSR count). The maximum absolute atomic E-state index is 12.5. The second kappa shape index (κ2) is 11.3. The summed E-state index contributed by atoms with van der Waals surface area (Å²) in [5, 5.41) is 2.88. The molecule has 0 unspecified atom stereocenters. The van der Waals surface area contributed by atoms with Gasteiger partial charge in [0, 0.05) is 12.3 Å². The van der Waals surface area contributed by atoms with E-state index in [2.05, 4.69) is 41.4 Å². The van der Waals surface area contributed by atoms with Crippen LogP contribution in [0.3, 0.4) is 0 Å². The van der Waals surface area contributed by atoms with Crippen LogP contribution < -0.4 is 14.8 Å². The lowest BCUT2D eigenvalue weighted by Crippen LogP contribution is -2.25. The predicted molar refractivity (Wildman–Crippen MR) is 119 cm³/mol. The molecule has 0 radical (unpaired) electrons. The van der Waals surface area contributed by atoms with Gasteiger partial charge in [0.05, 0.1) is 13.7 Å². The summed E-state index contributed by atoms with van der Waals surface area (Å²) in [5.41, 5.74) is 2.24. The number of hydrogen-bond donors (Lipinski definition) is 1. The lowest BCUT2D eigenvalue weighted by Gasteiger charge is -2.17. The van der Waals surface area contributed by atoms with Gasteiger partial charge in [-0.15, -0.1) is 0 Å². The van der Waals surface area contributed by atoms with Gasteiger partial charge < -0.3 is 14.8 Å². The van der Waals surface area contributed by atoms with Gasteiger partial charge in [-0.25, -0.2) is 0 Å². The predicted octanol–water partition coefficient (Wildman–Crippen LogP) is 4.42. The molecule has 3 aromatic rings. The molecule has 0 saturated carbocycles. The third-order valence-electron chi connectivity index (χ3n) is 4.66. The Hall–Kier alpha value is -3.71. The number of para-hydroxylation sites is 2. The van der Waals surface area contributed by atoms with Gasteiger partial charge in [-0.1, -0.05) is 84.6 Å². The monoisotopic (exact) mass is 399 g/mol. The standard InChI is InChI=1S/C26H25NO3/c1-29-24-16-8-9-17-25(24)30-19-11-10-18-27-26(28)20-23(21-12-4-2-5-13-21)22-14-6-3-7-15-22/h2-9,12-17,23H,18-20H2,1H3,(H,27,28). The van der Waals surface area contributed by atoms with Crippen LogP contribution in [0, 0.1) is 11.8 Å². The van der Waals surface area contributed by atoms with Crippen molar-refractivity contribution >= 4 is 5.91 Å². The van der Waals surface area contributed by atoms with Crippen molar-refractivity contribution in [2.24, 2.45) is 0 Å². The third-order valence-corrected chi connectivity index (χ3v) is 4.66. The number of carbonyl (C=O) groups is 1. The molecule has 3 aromatic carbocycles. The zero-order valence-corrected chi connectivity index (χ0v) is 17.0. The van der Waals surface area contributed by atoms with Crippen LogP contribution in [0.4, 0.5) is 0 Å². The molecule has 0 fully saturated rings. The highest BCUT2D eigenvalue weighted by molar-refractivity contribution is 5.77. The van der Waals surface area contributed by atoms with Gasteiger partial charge >= 0.3 is 0 Å². The van der Waals surface area contributed by atoms with E-state index >= 15 is 0 Å². The second-order valence-corrected chi connectivity index (χ2v) is 6.65. The van der Waals surface area contributed by atoms with Gasteiger partial charge in [-0.2, -0.15) is 0 Å². The average molecular weight is 399 g/mol. The van der Waals surface area contributed by atoms with E-state index in [9.17, 15) is 4.79 Å². The Kier molecular flexibility index (Phi) is 7.93. The number of carbonyl (C=O) groups excluding carboxylic acids is 1. The Balaban J connectivity index is 1.51. The molecule has 30 heavy (non-hydrogen) atoms. The molecule has 0 aliphatic carbocycles. The highest BCUT2D eigenvalue weighted by Crippen LogP contribution is 2.27. The smallest absolute Gasteiger partial charge is 0.221 e. The molecule has 0 aliphatic rings. The summed E-state index contributed by atoms with van der Waals surface area (Å²) in [6, 6.07) is 27.6. The van der Waals surface area contributed by atoms with E-state index in [4.69, 9.17) is 9.47 Å². The molecule has 4 nitrogen and oxygen atoms in total. The lowest BCUT2D eigenvalue weighted by molar-refractivity contribution is -0.121. The third kappa shape index (κ3) is 6.15. The van der Waals surface area contributed by atoms with Crippen molar-refractivity contribution in [1.29, 1.82) is 0 Å². The molecular weight excluding hydrogens is 374 g/mol. The highest BCUT2D eigenvalue weighted by atomic mass is 16.5. The van der Waals surface area contributed by atoms with Crippen molar-refractivity contribution < 1.29 is 14.3 Å². The topological polar surface area (TPSA) is 47.6 Å². The Labute approximate surface area is 177 Å². The minimum Gasteiger partial charge on any atom is -0.493 e. The quantitative estimate of drug-likeness (QED) is 0.571. The summed E-state index contributed by atoms with van der Waals surface area (Å²) in [7, 11) is 1.60. The summed E-state index contributed by atoms with van der Waals surface area (Å²) in [6.07, 6.45) is 0.368. The lowest BCUT2D eigenvalue weighted by atomic mass is 9.88. The van der Waals surface area contributed by atoms with Crippen LogP contribution in [0.1, 0.15) is 23.5 Å². The van der Waals surface area contributed by atoms with Gasteiger partial charge in [0.1, 0.15) is 6.61 Å².